The molecule has 0 radical (unpaired) electrons. The van der Waals surface area contributed by atoms with E-state index in [1.165, 1.54) is 0 Å². The highest BCUT2D eigenvalue weighted by Crippen LogP contribution is 2.39. The number of hydrogen-bond donors (Lipinski definition) is 0. The molecule has 0 aliphatic carbocycles. The van der Waals surface area contributed by atoms with Crippen LogP contribution in [0, 0.1) is 0 Å². The third kappa shape index (κ3) is 2.37. The molecule has 4 nitrogen and oxygen atoms in total. The smallest absolute Gasteiger partial charge is 0.259 e. The van der Waals surface area contributed by atoms with E-state index in [0.29, 0.717) is 12.0 Å². The zero-order chi connectivity index (χ0) is 15.7. The van der Waals surface area contributed by atoms with Crippen LogP contribution in [0.4, 0.5) is 5.69 Å². The number of ether oxygens (including phenoxy) is 1. The number of nitrogens with zero attached hydrogens (tertiary/aromatic N) is 1. The molecule has 2 aromatic rings. The third-order valence-electron chi connectivity index (χ3n) is 3.91. The number of hydrogen-bond acceptors (Lipinski definition) is 3. The molecular weight excluding hydrogens is 278 g/mol. The van der Waals surface area contributed by atoms with Gasteiger partial charge in [-0.1, -0.05) is 18.2 Å². The first-order valence-electron chi connectivity index (χ1n) is 7.18. The van der Waals surface area contributed by atoms with Gasteiger partial charge in [-0.25, -0.2) is 0 Å². The number of amides is 1. The molecule has 1 heterocycles. The molecule has 3 rings (SSSR count). The van der Waals surface area contributed by atoms with E-state index < -0.39 is 0 Å². The Kier molecular flexibility index (Phi) is 3.67. The molecule has 4 heteroatoms. The highest BCUT2D eigenvalue weighted by molar-refractivity contribution is 6.11. The summed E-state index contributed by atoms with van der Waals surface area (Å²) in [6, 6.07) is 14.6. The van der Waals surface area contributed by atoms with E-state index in [1.54, 1.807) is 18.9 Å². The summed E-state index contributed by atoms with van der Waals surface area (Å²) in [4.78, 5) is 26.1. The van der Waals surface area contributed by atoms with Gasteiger partial charge in [0.1, 0.15) is 11.5 Å². The van der Waals surface area contributed by atoms with Crippen molar-refractivity contribution >= 4 is 17.4 Å². The number of carbonyl (C=O) groups is 2. The number of Topliss-reactive ketones (excluding diaryl/α,β-unsaturated/α-hetero) is 1. The van der Waals surface area contributed by atoms with E-state index in [-0.39, 0.29) is 17.7 Å². The molecule has 1 atom stereocenters. The van der Waals surface area contributed by atoms with Crippen molar-refractivity contribution < 1.29 is 14.3 Å². The predicted molar refractivity (Wildman–Crippen MR) is 84.3 cm³/mol. The Morgan fingerprint density at radius 3 is 2.45 bits per heavy atom. The maximum Gasteiger partial charge on any atom is 0.259 e. The van der Waals surface area contributed by atoms with Crippen molar-refractivity contribution in [3.63, 3.8) is 0 Å². The van der Waals surface area contributed by atoms with Crippen molar-refractivity contribution in [1.29, 1.82) is 0 Å². The van der Waals surface area contributed by atoms with Gasteiger partial charge in [0.25, 0.3) is 5.91 Å². The lowest BCUT2D eigenvalue weighted by Gasteiger charge is -2.25. The number of anilines is 1. The Morgan fingerprint density at radius 2 is 1.82 bits per heavy atom. The molecule has 0 spiro atoms. The Bertz CT molecular complexity index is 721. The number of benzene rings is 2. The lowest BCUT2D eigenvalue weighted by Crippen LogP contribution is -2.28. The number of methoxy groups -OCH3 is 1. The second kappa shape index (κ2) is 5.64. The minimum atomic E-state index is -0.241. The first kappa shape index (κ1) is 14.3. The number of ketones is 1. The molecule has 0 bridgehead atoms. The fourth-order valence-electron chi connectivity index (χ4n) is 2.91. The van der Waals surface area contributed by atoms with Crippen LogP contribution in [-0.2, 0) is 4.79 Å². The van der Waals surface area contributed by atoms with Crippen LogP contribution in [0.1, 0.15) is 35.3 Å². The van der Waals surface area contributed by atoms with Gasteiger partial charge in [-0.15, -0.1) is 0 Å². The summed E-state index contributed by atoms with van der Waals surface area (Å²) < 4.78 is 5.15. The molecule has 22 heavy (non-hydrogen) atoms. The predicted octanol–water partition coefficient (Wildman–Crippen LogP) is 3.38. The molecule has 0 N–H and O–H groups in total. The average molecular weight is 295 g/mol. The van der Waals surface area contributed by atoms with Crippen LogP contribution in [0.2, 0.25) is 0 Å². The van der Waals surface area contributed by atoms with E-state index in [9.17, 15) is 9.59 Å². The van der Waals surface area contributed by atoms with Gasteiger partial charge in [0.05, 0.1) is 13.2 Å². The fraction of sp³-hybridized carbons (Fsp3) is 0.222. The summed E-state index contributed by atoms with van der Waals surface area (Å²) in [6.45, 7) is 1.55. The van der Waals surface area contributed by atoms with Crippen molar-refractivity contribution in [3.8, 4) is 5.75 Å². The highest BCUT2D eigenvalue weighted by Gasteiger charge is 2.37. The van der Waals surface area contributed by atoms with E-state index in [4.69, 9.17) is 4.74 Å². The van der Waals surface area contributed by atoms with Gasteiger partial charge in [0, 0.05) is 17.7 Å². The average Bonchev–Trinajstić information content (AvgIpc) is 2.80. The molecule has 112 valence electrons. The summed E-state index contributed by atoms with van der Waals surface area (Å²) in [5, 5.41) is 0. The van der Waals surface area contributed by atoms with Gasteiger partial charge >= 0.3 is 0 Å². The van der Waals surface area contributed by atoms with Crippen LogP contribution in [0.5, 0.6) is 5.75 Å². The second-order valence-corrected chi connectivity index (χ2v) is 5.38. The molecule has 1 aliphatic heterocycles. The summed E-state index contributed by atoms with van der Waals surface area (Å²) in [6.07, 6.45) is 0.314. The van der Waals surface area contributed by atoms with Crippen LogP contribution >= 0.6 is 0 Å². The molecule has 0 saturated heterocycles. The minimum Gasteiger partial charge on any atom is -0.497 e. The van der Waals surface area contributed by atoms with Crippen molar-refractivity contribution in [1.82, 2.24) is 0 Å². The number of rotatable bonds is 4. The Hall–Kier alpha value is -2.62. The molecule has 0 fully saturated rings. The van der Waals surface area contributed by atoms with E-state index in [1.807, 2.05) is 48.5 Å². The quantitative estimate of drug-likeness (QED) is 0.868. The summed E-state index contributed by atoms with van der Waals surface area (Å²) in [5.41, 5.74) is 2.36. The minimum absolute atomic E-state index is 0.0629. The number of carbonyl (C=O) groups excluding carboxylic acids is 2. The maximum absolute atomic E-state index is 12.7. The SMILES string of the molecule is COc1ccc(N2C(=O)c3ccccc3C2CC(C)=O)cc1. The zero-order valence-electron chi connectivity index (χ0n) is 12.6. The zero-order valence-corrected chi connectivity index (χ0v) is 12.6. The summed E-state index contributed by atoms with van der Waals surface area (Å²) in [7, 11) is 1.60. The van der Waals surface area contributed by atoms with E-state index >= 15 is 0 Å². The standard InChI is InChI=1S/C18H17NO3/c1-12(20)11-17-15-5-3-4-6-16(15)18(21)19(17)13-7-9-14(22-2)10-8-13/h3-10,17H,11H2,1-2H3. The van der Waals surface area contributed by atoms with Crippen LogP contribution in [0.25, 0.3) is 0 Å². The maximum atomic E-state index is 12.7. The Morgan fingerprint density at radius 1 is 1.14 bits per heavy atom. The number of fused-ring (bicyclic) bond motifs is 1. The van der Waals surface area contributed by atoms with Crippen LogP contribution in [-0.4, -0.2) is 18.8 Å². The van der Waals surface area contributed by atoms with Crippen molar-refractivity contribution in [2.45, 2.75) is 19.4 Å². The Labute approximate surface area is 129 Å². The molecule has 0 saturated carbocycles. The van der Waals surface area contributed by atoms with Crippen LogP contribution in [0.15, 0.2) is 48.5 Å². The first-order chi connectivity index (χ1) is 10.6. The largest absolute Gasteiger partial charge is 0.497 e. The monoisotopic (exact) mass is 295 g/mol. The first-order valence-corrected chi connectivity index (χ1v) is 7.18. The van der Waals surface area contributed by atoms with Crippen molar-refractivity contribution in [2.24, 2.45) is 0 Å². The molecule has 0 aromatic heterocycles. The molecule has 1 unspecified atom stereocenters. The molecule has 2 aromatic carbocycles. The van der Waals surface area contributed by atoms with Crippen molar-refractivity contribution in [3.05, 3.63) is 59.7 Å². The lowest BCUT2D eigenvalue weighted by molar-refractivity contribution is -0.117. The normalized spacial score (nSPS) is 16.5. The fourth-order valence-corrected chi connectivity index (χ4v) is 2.91. The lowest BCUT2D eigenvalue weighted by atomic mass is 10.0. The van der Waals surface area contributed by atoms with Gasteiger partial charge in [-0.2, -0.15) is 0 Å². The summed E-state index contributed by atoms with van der Waals surface area (Å²) >= 11 is 0. The third-order valence-corrected chi connectivity index (χ3v) is 3.91. The van der Waals surface area contributed by atoms with Crippen molar-refractivity contribution in [2.75, 3.05) is 12.0 Å². The van der Waals surface area contributed by atoms with Gasteiger partial charge in [-0.3, -0.25) is 9.59 Å². The Balaban J connectivity index is 2.04. The van der Waals surface area contributed by atoms with Crippen LogP contribution in [0.3, 0.4) is 0 Å². The van der Waals surface area contributed by atoms with Crippen LogP contribution < -0.4 is 9.64 Å². The van der Waals surface area contributed by atoms with Gasteiger partial charge in [0.15, 0.2) is 0 Å². The van der Waals surface area contributed by atoms with Gasteiger partial charge < -0.3 is 9.64 Å². The topological polar surface area (TPSA) is 46.6 Å². The summed E-state index contributed by atoms with van der Waals surface area (Å²) in [5.74, 6) is 0.732. The van der Waals surface area contributed by atoms with Gasteiger partial charge in [-0.05, 0) is 42.8 Å². The molecule has 1 amide bonds. The highest BCUT2D eigenvalue weighted by atomic mass is 16.5. The molecule has 1 aliphatic rings. The second-order valence-electron chi connectivity index (χ2n) is 5.38. The van der Waals surface area contributed by atoms with E-state index in [0.717, 1.165) is 17.0 Å². The van der Waals surface area contributed by atoms with E-state index in [2.05, 4.69) is 0 Å². The van der Waals surface area contributed by atoms with Gasteiger partial charge in [0.2, 0.25) is 0 Å². The molecular formula is C18H17NO3.